The number of benzene rings is 1. The molecule has 0 radical (unpaired) electrons. The molecule has 0 aliphatic rings. The van der Waals surface area contributed by atoms with Crippen molar-refractivity contribution in [3.63, 3.8) is 0 Å². The summed E-state index contributed by atoms with van der Waals surface area (Å²) in [5, 5.41) is 1.00. The number of rotatable bonds is 2. The predicted octanol–water partition coefficient (Wildman–Crippen LogP) is 3.01. The molecule has 3 N–H and O–H groups in total. The molecule has 2 nitrogen and oxygen atoms in total. The number of aryl methyl sites for hydroxylation is 1. The Morgan fingerprint density at radius 1 is 1.21 bits per heavy atom. The zero-order valence-corrected chi connectivity index (χ0v) is 8.77. The van der Waals surface area contributed by atoms with Gasteiger partial charge in [0.1, 0.15) is 5.00 Å². The first-order valence-corrected chi connectivity index (χ1v) is 5.25. The van der Waals surface area contributed by atoms with E-state index in [1.165, 1.54) is 16.0 Å². The molecule has 0 unspecified atom stereocenters. The van der Waals surface area contributed by atoms with E-state index < -0.39 is 0 Å². The predicted molar refractivity (Wildman–Crippen MR) is 62.3 cm³/mol. The van der Waals surface area contributed by atoms with Gasteiger partial charge < -0.3 is 5.43 Å². The fourth-order valence-corrected chi connectivity index (χ4v) is 2.31. The summed E-state index contributed by atoms with van der Waals surface area (Å²) >= 11 is 1.67. The average Bonchev–Trinajstić information content (AvgIpc) is 2.61. The second kappa shape index (κ2) is 3.82. The SMILES string of the molecule is Cc1sc(NN)cc1-c1ccccc1. The van der Waals surface area contributed by atoms with Crippen LogP contribution in [0.25, 0.3) is 11.1 Å². The summed E-state index contributed by atoms with van der Waals surface area (Å²) in [6.07, 6.45) is 0. The Labute approximate surface area is 87.4 Å². The highest BCUT2D eigenvalue weighted by atomic mass is 32.1. The van der Waals surface area contributed by atoms with Gasteiger partial charge in [0.25, 0.3) is 0 Å². The van der Waals surface area contributed by atoms with Crippen molar-refractivity contribution in [1.29, 1.82) is 0 Å². The minimum absolute atomic E-state index is 1.00. The molecule has 0 saturated heterocycles. The highest BCUT2D eigenvalue weighted by molar-refractivity contribution is 7.16. The summed E-state index contributed by atoms with van der Waals surface area (Å²) in [5.74, 6) is 5.37. The maximum absolute atomic E-state index is 5.37. The van der Waals surface area contributed by atoms with E-state index in [2.05, 4.69) is 30.5 Å². The third-order valence-corrected chi connectivity index (χ3v) is 3.13. The van der Waals surface area contributed by atoms with Gasteiger partial charge in [0.15, 0.2) is 0 Å². The maximum Gasteiger partial charge on any atom is 0.103 e. The Hall–Kier alpha value is -1.32. The van der Waals surface area contributed by atoms with E-state index in [9.17, 15) is 0 Å². The zero-order chi connectivity index (χ0) is 9.97. The second-order valence-corrected chi connectivity index (χ2v) is 4.35. The maximum atomic E-state index is 5.37. The number of nitrogen functional groups attached to an aromatic ring is 1. The molecule has 0 fully saturated rings. The normalized spacial score (nSPS) is 10.1. The van der Waals surface area contributed by atoms with Gasteiger partial charge in [-0.2, -0.15) is 0 Å². The lowest BCUT2D eigenvalue weighted by Crippen LogP contribution is -2.04. The third-order valence-electron chi connectivity index (χ3n) is 2.14. The molecule has 2 aromatic rings. The van der Waals surface area contributed by atoms with Crippen LogP contribution >= 0.6 is 11.3 Å². The third kappa shape index (κ3) is 1.64. The van der Waals surface area contributed by atoms with Crippen LogP contribution in [0, 0.1) is 6.92 Å². The highest BCUT2D eigenvalue weighted by Crippen LogP contribution is 2.33. The Morgan fingerprint density at radius 2 is 1.93 bits per heavy atom. The molecule has 0 bridgehead atoms. The molecule has 14 heavy (non-hydrogen) atoms. The van der Waals surface area contributed by atoms with Crippen LogP contribution in [0.15, 0.2) is 36.4 Å². The van der Waals surface area contributed by atoms with Gasteiger partial charge in [0.05, 0.1) is 0 Å². The van der Waals surface area contributed by atoms with Crippen LogP contribution in [0.5, 0.6) is 0 Å². The summed E-state index contributed by atoms with van der Waals surface area (Å²) in [6.45, 7) is 2.10. The monoisotopic (exact) mass is 204 g/mol. The van der Waals surface area contributed by atoms with Crippen LogP contribution in [0.2, 0.25) is 0 Å². The average molecular weight is 204 g/mol. The van der Waals surface area contributed by atoms with Gasteiger partial charge in [0.2, 0.25) is 0 Å². The first kappa shape index (κ1) is 9.24. The molecule has 0 saturated carbocycles. The standard InChI is InChI=1S/C11H12N2S/c1-8-10(7-11(13-12)14-8)9-5-3-2-4-6-9/h2-7,13H,12H2,1H3. The van der Waals surface area contributed by atoms with E-state index >= 15 is 0 Å². The molecule has 72 valence electrons. The molecule has 1 aromatic heterocycles. The summed E-state index contributed by atoms with van der Waals surface area (Å²) in [4.78, 5) is 1.28. The molecule has 3 heteroatoms. The fourth-order valence-electron chi connectivity index (χ4n) is 1.46. The zero-order valence-electron chi connectivity index (χ0n) is 7.95. The number of hydrazine groups is 1. The van der Waals surface area contributed by atoms with E-state index in [0.717, 1.165) is 5.00 Å². The van der Waals surface area contributed by atoms with E-state index in [4.69, 9.17) is 5.84 Å². The molecule has 0 aliphatic heterocycles. The Kier molecular flexibility index (Phi) is 2.52. The number of thiophene rings is 1. The van der Waals surface area contributed by atoms with Gasteiger partial charge in [-0.05, 0) is 24.1 Å². The van der Waals surface area contributed by atoms with Gasteiger partial charge in [-0.15, -0.1) is 11.3 Å². The number of anilines is 1. The lowest BCUT2D eigenvalue weighted by Gasteiger charge is -1.97. The molecule has 0 atom stereocenters. The van der Waals surface area contributed by atoms with E-state index in [1.54, 1.807) is 11.3 Å². The smallest absolute Gasteiger partial charge is 0.103 e. The van der Waals surface area contributed by atoms with Crippen LogP contribution in [-0.4, -0.2) is 0 Å². The molecule has 2 rings (SSSR count). The number of hydrogen-bond acceptors (Lipinski definition) is 3. The van der Waals surface area contributed by atoms with Crippen molar-refractivity contribution in [2.45, 2.75) is 6.92 Å². The van der Waals surface area contributed by atoms with Crippen molar-refractivity contribution in [2.24, 2.45) is 5.84 Å². The van der Waals surface area contributed by atoms with Crippen LogP contribution in [0.4, 0.5) is 5.00 Å². The van der Waals surface area contributed by atoms with Crippen molar-refractivity contribution in [1.82, 2.24) is 0 Å². The minimum atomic E-state index is 1.00. The summed E-state index contributed by atoms with van der Waals surface area (Å²) in [6, 6.07) is 12.4. The number of hydrogen-bond donors (Lipinski definition) is 2. The fraction of sp³-hybridized carbons (Fsp3) is 0.0909. The van der Waals surface area contributed by atoms with Gasteiger partial charge in [-0.1, -0.05) is 30.3 Å². The molecule has 1 heterocycles. The highest BCUT2D eigenvalue weighted by Gasteiger charge is 2.05. The van der Waals surface area contributed by atoms with E-state index in [1.807, 2.05) is 18.2 Å². The van der Waals surface area contributed by atoms with Gasteiger partial charge in [-0.25, -0.2) is 5.84 Å². The van der Waals surface area contributed by atoms with Crippen LogP contribution in [-0.2, 0) is 0 Å². The second-order valence-electron chi connectivity index (χ2n) is 3.09. The van der Waals surface area contributed by atoms with Crippen molar-refractivity contribution < 1.29 is 0 Å². The first-order valence-electron chi connectivity index (χ1n) is 4.43. The Morgan fingerprint density at radius 3 is 2.50 bits per heavy atom. The van der Waals surface area contributed by atoms with Crippen LogP contribution in [0.1, 0.15) is 4.88 Å². The van der Waals surface area contributed by atoms with E-state index in [-0.39, 0.29) is 0 Å². The minimum Gasteiger partial charge on any atom is -0.315 e. The van der Waals surface area contributed by atoms with E-state index in [0.29, 0.717) is 0 Å². The van der Waals surface area contributed by atoms with Crippen LogP contribution in [0.3, 0.4) is 0 Å². The first-order chi connectivity index (χ1) is 6.81. The largest absolute Gasteiger partial charge is 0.315 e. The topological polar surface area (TPSA) is 38.0 Å². The van der Waals surface area contributed by atoms with Gasteiger partial charge >= 0.3 is 0 Å². The lowest BCUT2D eigenvalue weighted by molar-refractivity contribution is 1.39. The van der Waals surface area contributed by atoms with Crippen molar-refractivity contribution >= 4 is 16.3 Å². The van der Waals surface area contributed by atoms with Crippen molar-refractivity contribution in [3.8, 4) is 11.1 Å². The van der Waals surface area contributed by atoms with Crippen molar-refractivity contribution in [3.05, 3.63) is 41.3 Å². The Bertz CT molecular complexity index is 420. The quantitative estimate of drug-likeness (QED) is 0.583. The van der Waals surface area contributed by atoms with Gasteiger partial charge in [0, 0.05) is 4.88 Å². The molecular weight excluding hydrogens is 192 g/mol. The molecular formula is C11H12N2S. The summed E-state index contributed by atoms with van der Waals surface area (Å²) < 4.78 is 0. The number of nitrogens with one attached hydrogen (secondary N) is 1. The molecule has 0 aliphatic carbocycles. The molecule has 1 aromatic carbocycles. The molecule has 0 amide bonds. The van der Waals surface area contributed by atoms with Crippen LogP contribution < -0.4 is 11.3 Å². The lowest BCUT2D eigenvalue weighted by atomic mass is 10.1. The summed E-state index contributed by atoms with van der Waals surface area (Å²) in [7, 11) is 0. The van der Waals surface area contributed by atoms with Crippen molar-refractivity contribution in [2.75, 3.05) is 5.43 Å². The van der Waals surface area contributed by atoms with Gasteiger partial charge in [-0.3, -0.25) is 0 Å². The summed E-state index contributed by atoms with van der Waals surface area (Å²) in [5.41, 5.74) is 5.17. The Balaban J connectivity index is 2.46. The molecule has 0 spiro atoms. The number of nitrogens with two attached hydrogens (primary N) is 1.